The van der Waals surface area contributed by atoms with Crippen LogP contribution in [-0.4, -0.2) is 10.4 Å². The molecular weight excluding hydrogens is 314 g/mol. The molecule has 0 spiro atoms. The molecule has 4 nitrogen and oxygen atoms in total. The highest BCUT2D eigenvalue weighted by Crippen LogP contribution is 2.30. The Morgan fingerprint density at radius 1 is 1.14 bits per heavy atom. The van der Waals surface area contributed by atoms with Crippen LogP contribution >= 0.6 is 23.9 Å². The van der Waals surface area contributed by atoms with Gasteiger partial charge < -0.3 is 0 Å². The fourth-order valence-electron chi connectivity index (χ4n) is 1.88. The number of amides is 2. The molecule has 0 bridgehead atoms. The first-order chi connectivity index (χ1) is 10.7. The summed E-state index contributed by atoms with van der Waals surface area (Å²) in [4.78, 5) is 14.0. The molecule has 0 unspecified atom stereocenters. The Bertz CT molecular complexity index is 701. The number of hydrogen-bond acceptors (Lipinski definition) is 4. The van der Waals surface area contributed by atoms with Crippen molar-refractivity contribution in [2.24, 2.45) is 0 Å². The lowest BCUT2D eigenvalue weighted by Crippen LogP contribution is -2.39. The Kier molecular flexibility index (Phi) is 4.60. The molecule has 6 heteroatoms. The largest absolute Gasteiger partial charge is 0.344 e. The Hall–Kier alpha value is -2.05. The number of hydrogen-bond donors (Lipinski definition) is 2. The average molecular weight is 329 g/mol. The number of carbonyl (C=O) groups excluding carboxylic acids is 1. The van der Waals surface area contributed by atoms with E-state index in [9.17, 15) is 4.79 Å². The molecular formula is C16H15N3OS2. The van der Waals surface area contributed by atoms with Crippen molar-refractivity contribution in [2.75, 3.05) is 0 Å². The highest BCUT2D eigenvalue weighted by molar-refractivity contribution is 7.98. The summed E-state index contributed by atoms with van der Waals surface area (Å²) >= 11 is 2.76. The summed E-state index contributed by atoms with van der Waals surface area (Å²) in [5.74, 6) is 0. The standard InChI is InChI=1S/C16H15N3OS2/c1-12-6-8-14(9-7-12)21-18-16(20)17-19-11-10-13-4-2-3-5-15(13)22-19/h2-11H,1H3,(H2,17,18,20). The topological polar surface area (TPSA) is 44.4 Å². The molecule has 0 aliphatic carbocycles. The molecule has 2 amide bonds. The normalized spacial score (nSPS) is 12.7. The van der Waals surface area contributed by atoms with E-state index in [0.29, 0.717) is 0 Å². The molecule has 0 radical (unpaired) electrons. The molecule has 22 heavy (non-hydrogen) atoms. The summed E-state index contributed by atoms with van der Waals surface area (Å²) in [5.41, 5.74) is 5.13. The van der Waals surface area contributed by atoms with Gasteiger partial charge in [0.15, 0.2) is 0 Å². The van der Waals surface area contributed by atoms with Crippen molar-refractivity contribution in [2.45, 2.75) is 16.7 Å². The van der Waals surface area contributed by atoms with Crippen LogP contribution in [0.2, 0.25) is 0 Å². The van der Waals surface area contributed by atoms with E-state index >= 15 is 0 Å². The zero-order valence-corrected chi connectivity index (χ0v) is 13.6. The van der Waals surface area contributed by atoms with Crippen molar-refractivity contribution in [3.63, 3.8) is 0 Å². The van der Waals surface area contributed by atoms with Crippen molar-refractivity contribution in [3.05, 3.63) is 65.9 Å². The smallest absolute Gasteiger partial charge is 0.276 e. The van der Waals surface area contributed by atoms with Gasteiger partial charge in [0.05, 0.1) is 0 Å². The maximum absolute atomic E-state index is 11.9. The summed E-state index contributed by atoms with van der Waals surface area (Å²) in [6.07, 6.45) is 3.81. The summed E-state index contributed by atoms with van der Waals surface area (Å²) in [7, 11) is 0. The van der Waals surface area contributed by atoms with Crippen LogP contribution in [-0.2, 0) is 0 Å². The quantitative estimate of drug-likeness (QED) is 0.828. The minimum absolute atomic E-state index is 0.262. The zero-order valence-electron chi connectivity index (χ0n) is 11.9. The van der Waals surface area contributed by atoms with Crippen LogP contribution in [0.5, 0.6) is 0 Å². The predicted molar refractivity (Wildman–Crippen MR) is 91.9 cm³/mol. The Morgan fingerprint density at radius 3 is 2.73 bits per heavy atom. The lowest BCUT2D eigenvalue weighted by atomic mass is 10.2. The number of carbonyl (C=O) groups is 1. The summed E-state index contributed by atoms with van der Waals surface area (Å²) in [5, 5.41) is 0. The maximum atomic E-state index is 11.9. The van der Waals surface area contributed by atoms with Gasteiger partial charge in [-0.25, -0.2) is 14.6 Å². The Morgan fingerprint density at radius 2 is 1.91 bits per heavy atom. The summed E-state index contributed by atoms with van der Waals surface area (Å²) in [6.45, 7) is 2.03. The van der Waals surface area contributed by atoms with Crippen LogP contribution in [0.4, 0.5) is 4.79 Å². The molecule has 2 N–H and O–H groups in total. The van der Waals surface area contributed by atoms with E-state index in [1.54, 1.807) is 4.41 Å². The SMILES string of the molecule is Cc1ccc(SNC(=O)NN2C=Cc3ccccc3S2)cc1. The zero-order chi connectivity index (χ0) is 15.4. The fourth-order valence-corrected chi connectivity index (χ4v) is 3.25. The predicted octanol–water partition coefficient (Wildman–Crippen LogP) is 4.21. The Labute approximate surface area is 138 Å². The van der Waals surface area contributed by atoms with E-state index in [1.165, 1.54) is 29.5 Å². The van der Waals surface area contributed by atoms with Gasteiger partial charge in [-0.2, -0.15) is 0 Å². The first-order valence-corrected chi connectivity index (χ1v) is 8.34. The number of benzene rings is 2. The average Bonchev–Trinajstić information content (AvgIpc) is 2.54. The Balaban J connectivity index is 1.52. The third kappa shape index (κ3) is 3.78. The highest BCUT2D eigenvalue weighted by Gasteiger charge is 2.13. The summed E-state index contributed by atoms with van der Waals surface area (Å²) < 4.78 is 4.46. The van der Waals surface area contributed by atoms with Gasteiger partial charge in [0, 0.05) is 27.9 Å². The number of fused-ring (bicyclic) bond motifs is 1. The van der Waals surface area contributed by atoms with Crippen LogP contribution in [0.25, 0.3) is 6.08 Å². The lowest BCUT2D eigenvalue weighted by Gasteiger charge is -2.23. The molecule has 0 fully saturated rings. The van der Waals surface area contributed by atoms with E-state index in [1.807, 2.05) is 67.7 Å². The molecule has 1 aliphatic rings. The summed E-state index contributed by atoms with van der Waals surface area (Å²) in [6, 6.07) is 15.8. The molecule has 112 valence electrons. The van der Waals surface area contributed by atoms with E-state index in [0.717, 1.165) is 15.4 Å². The van der Waals surface area contributed by atoms with Crippen molar-refractivity contribution in [1.29, 1.82) is 0 Å². The number of nitrogens with one attached hydrogen (secondary N) is 2. The second-order valence-corrected chi connectivity index (χ2v) is 6.62. The van der Waals surface area contributed by atoms with Gasteiger partial charge in [-0.15, -0.1) is 0 Å². The first-order valence-electron chi connectivity index (χ1n) is 6.75. The van der Waals surface area contributed by atoms with Crippen molar-refractivity contribution < 1.29 is 4.79 Å². The number of rotatable bonds is 3. The molecule has 1 heterocycles. The maximum Gasteiger partial charge on any atom is 0.344 e. The monoisotopic (exact) mass is 329 g/mol. The molecule has 2 aromatic carbocycles. The molecule has 3 rings (SSSR count). The van der Waals surface area contributed by atoms with Crippen LogP contribution in [0.15, 0.2) is 64.5 Å². The van der Waals surface area contributed by atoms with Gasteiger partial charge in [-0.3, -0.25) is 4.72 Å². The molecule has 0 saturated heterocycles. The number of nitrogens with zero attached hydrogens (tertiary/aromatic N) is 1. The second-order valence-electron chi connectivity index (χ2n) is 4.73. The minimum atomic E-state index is -0.262. The molecule has 0 atom stereocenters. The molecule has 1 aliphatic heterocycles. The van der Waals surface area contributed by atoms with Crippen LogP contribution in [0.3, 0.4) is 0 Å². The molecule has 0 saturated carbocycles. The second kappa shape index (κ2) is 6.81. The third-order valence-corrected chi connectivity index (χ3v) is 4.77. The highest BCUT2D eigenvalue weighted by atomic mass is 32.2. The van der Waals surface area contributed by atoms with Gasteiger partial charge in [-0.05, 0) is 48.7 Å². The van der Waals surface area contributed by atoms with Gasteiger partial charge >= 0.3 is 6.03 Å². The number of aryl methyl sites for hydroxylation is 1. The van der Waals surface area contributed by atoms with Crippen molar-refractivity contribution in [3.8, 4) is 0 Å². The van der Waals surface area contributed by atoms with Crippen molar-refractivity contribution >= 4 is 36.0 Å². The molecule has 0 aromatic heterocycles. The van der Waals surface area contributed by atoms with E-state index in [4.69, 9.17) is 0 Å². The lowest BCUT2D eigenvalue weighted by molar-refractivity contribution is 0.236. The van der Waals surface area contributed by atoms with E-state index < -0.39 is 0 Å². The molecule has 2 aromatic rings. The van der Waals surface area contributed by atoms with Gasteiger partial charge in [0.25, 0.3) is 0 Å². The van der Waals surface area contributed by atoms with Gasteiger partial charge in [0.2, 0.25) is 0 Å². The van der Waals surface area contributed by atoms with Crippen LogP contribution in [0, 0.1) is 6.92 Å². The van der Waals surface area contributed by atoms with E-state index in [-0.39, 0.29) is 6.03 Å². The minimum Gasteiger partial charge on any atom is -0.276 e. The number of urea groups is 1. The van der Waals surface area contributed by atoms with Gasteiger partial charge in [0.1, 0.15) is 0 Å². The van der Waals surface area contributed by atoms with Crippen LogP contribution in [0.1, 0.15) is 11.1 Å². The van der Waals surface area contributed by atoms with Crippen molar-refractivity contribution in [1.82, 2.24) is 14.6 Å². The van der Waals surface area contributed by atoms with Crippen LogP contribution < -0.4 is 10.1 Å². The van der Waals surface area contributed by atoms with Gasteiger partial charge in [-0.1, -0.05) is 35.9 Å². The third-order valence-electron chi connectivity index (χ3n) is 3.00. The first kappa shape index (κ1) is 14.9. The fraction of sp³-hybridized carbons (Fsp3) is 0.0625. The van der Waals surface area contributed by atoms with E-state index in [2.05, 4.69) is 10.1 Å². The number of hydrazine groups is 1.